The number of amides is 1. The molecule has 5 nitrogen and oxygen atoms in total. The number of ether oxygens (including phenoxy) is 2. The summed E-state index contributed by atoms with van der Waals surface area (Å²) >= 11 is 6.12. The van der Waals surface area contributed by atoms with Crippen LogP contribution < -0.4 is 20.1 Å². The number of hydrogen-bond donors (Lipinski definition) is 2. The Labute approximate surface area is 136 Å². The molecule has 0 saturated heterocycles. The van der Waals surface area contributed by atoms with Gasteiger partial charge in [0.1, 0.15) is 0 Å². The Morgan fingerprint density at radius 1 is 1.33 bits per heavy atom. The molecule has 0 saturated carbocycles. The van der Waals surface area contributed by atoms with Gasteiger partial charge < -0.3 is 20.1 Å². The van der Waals surface area contributed by atoms with Gasteiger partial charge in [-0.1, -0.05) is 11.6 Å². The topological polar surface area (TPSA) is 59.6 Å². The van der Waals surface area contributed by atoms with Crippen LogP contribution in [0.2, 0.25) is 5.02 Å². The molecule has 0 atom stereocenters. The first kappa shape index (κ1) is 19.8. The van der Waals surface area contributed by atoms with Crippen molar-refractivity contribution >= 4 is 29.9 Å². The minimum absolute atomic E-state index is 0. The van der Waals surface area contributed by atoms with Crippen molar-refractivity contribution in [3.8, 4) is 11.5 Å². The second-order valence-corrected chi connectivity index (χ2v) is 4.54. The summed E-state index contributed by atoms with van der Waals surface area (Å²) in [5, 5.41) is 6.22. The zero-order valence-electron chi connectivity index (χ0n) is 12.5. The summed E-state index contributed by atoms with van der Waals surface area (Å²) < 4.78 is 10.6. The van der Waals surface area contributed by atoms with E-state index in [1.54, 1.807) is 12.1 Å². The number of hydrogen-bond acceptors (Lipinski definition) is 4. The molecule has 0 aliphatic heterocycles. The van der Waals surface area contributed by atoms with E-state index in [1.807, 2.05) is 14.0 Å². The molecule has 0 aromatic heterocycles. The predicted molar refractivity (Wildman–Crippen MR) is 87.3 cm³/mol. The normalized spacial score (nSPS) is 9.71. The van der Waals surface area contributed by atoms with E-state index in [4.69, 9.17) is 21.1 Å². The SMILES string of the molecule is CCOc1c(Cl)cc(C(=O)NCCCNC)cc1OC.Cl. The fraction of sp³-hybridized carbons (Fsp3) is 0.500. The lowest BCUT2D eigenvalue weighted by molar-refractivity contribution is 0.0953. The second kappa shape index (κ2) is 10.5. The zero-order chi connectivity index (χ0) is 15.0. The number of halogens is 2. The van der Waals surface area contributed by atoms with Gasteiger partial charge in [-0.15, -0.1) is 12.4 Å². The standard InChI is InChI=1S/C14H21ClN2O3.ClH/c1-4-20-13-11(15)8-10(9-12(13)19-3)14(18)17-7-5-6-16-2;/h8-9,16H,4-7H2,1-3H3,(H,17,18);1H. The Balaban J connectivity index is 0.00000400. The highest BCUT2D eigenvalue weighted by atomic mass is 35.5. The van der Waals surface area contributed by atoms with Crippen molar-refractivity contribution in [2.75, 3.05) is 33.9 Å². The maximum absolute atomic E-state index is 12.0. The third-order valence-corrected chi connectivity index (χ3v) is 2.95. The van der Waals surface area contributed by atoms with Gasteiger partial charge in [0.25, 0.3) is 5.91 Å². The average molecular weight is 337 g/mol. The minimum atomic E-state index is -0.177. The minimum Gasteiger partial charge on any atom is -0.493 e. The third kappa shape index (κ3) is 5.99. The number of methoxy groups -OCH3 is 1. The zero-order valence-corrected chi connectivity index (χ0v) is 14.1. The third-order valence-electron chi connectivity index (χ3n) is 2.67. The van der Waals surface area contributed by atoms with Crippen LogP contribution >= 0.6 is 24.0 Å². The smallest absolute Gasteiger partial charge is 0.251 e. The molecule has 2 N–H and O–H groups in total. The fourth-order valence-corrected chi connectivity index (χ4v) is 1.97. The Bertz CT molecular complexity index is 456. The molecule has 7 heteroatoms. The van der Waals surface area contributed by atoms with Crippen molar-refractivity contribution in [1.29, 1.82) is 0 Å². The van der Waals surface area contributed by atoms with Crippen molar-refractivity contribution in [3.63, 3.8) is 0 Å². The molecule has 0 aliphatic carbocycles. The predicted octanol–water partition coefficient (Wildman–Crippen LogP) is 2.51. The van der Waals surface area contributed by atoms with Gasteiger partial charge in [0.2, 0.25) is 0 Å². The lowest BCUT2D eigenvalue weighted by atomic mass is 10.2. The largest absolute Gasteiger partial charge is 0.493 e. The summed E-state index contributed by atoms with van der Waals surface area (Å²) in [4.78, 5) is 12.0. The lowest BCUT2D eigenvalue weighted by Crippen LogP contribution is -2.26. The monoisotopic (exact) mass is 336 g/mol. The van der Waals surface area contributed by atoms with E-state index in [1.165, 1.54) is 7.11 Å². The van der Waals surface area contributed by atoms with Crippen LogP contribution in [0, 0.1) is 0 Å². The highest BCUT2D eigenvalue weighted by molar-refractivity contribution is 6.32. The summed E-state index contributed by atoms with van der Waals surface area (Å²) in [5.74, 6) is 0.743. The summed E-state index contributed by atoms with van der Waals surface area (Å²) in [5.41, 5.74) is 0.458. The number of nitrogens with one attached hydrogen (secondary N) is 2. The van der Waals surface area contributed by atoms with Crippen LogP contribution in [0.1, 0.15) is 23.7 Å². The van der Waals surface area contributed by atoms with Crippen molar-refractivity contribution < 1.29 is 14.3 Å². The summed E-state index contributed by atoms with van der Waals surface area (Å²) in [6.45, 7) is 3.80. The van der Waals surface area contributed by atoms with E-state index in [9.17, 15) is 4.79 Å². The highest BCUT2D eigenvalue weighted by Crippen LogP contribution is 2.36. The van der Waals surface area contributed by atoms with E-state index in [2.05, 4.69) is 10.6 Å². The lowest BCUT2D eigenvalue weighted by Gasteiger charge is -2.13. The number of rotatable bonds is 8. The fourth-order valence-electron chi connectivity index (χ4n) is 1.70. The van der Waals surface area contributed by atoms with Crippen molar-refractivity contribution in [2.45, 2.75) is 13.3 Å². The summed E-state index contributed by atoms with van der Waals surface area (Å²) in [6, 6.07) is 3.22. The Hall–Kier alpha value is -1.17. The molecule has 21 heavy (non-hydrogen) atoms. The molecule has 0 bridgehead atoms. The van der Waals surface area contributed by atoms with Crippen LogP contribution in [0.3, 0.4) is 0 Å². The number of carbonyl (C=O) groups is 1. The second-order valence-electron chi connectivity index (χ2n) is 4.14. The van der Waals surface area contributed by atoms with Crippen molar-refractivity contribution in [1.82, 2.24) is 10.6 Å². The Morgan fingerprint density at radius 3 is 2.62 bits per heavy atom. The molecular weight excluding hydrogens is 315 g/mol. The van der Waals surface area contributed by atoms with E-state index in [0.29, 0.717) is 35.2 Å². The van der Waals surface area contributed by atoms with Crippen LogP contribution in [0.4, 0.5) is 0 Å². The van der Waals surface area contributed by atoms with Gasteiger partial charge in [-0.05, 0) is 39.1 Å². The van der Waals surface area contributed by atoms with Gasteiger partial charge in [-0.25, -0.2) is 0 Å². The average Bonchev–Trinajstić information content (AvgIpc) is 2.45. The molecule has 0 aliphatic rings. The van der Waals surface area contributed by atoms with Gasteiger partial charge in [0.15, 0.2) is 11.5 Å². The van der Waals surface area contributed by atoms with Gasteiger partial charge in [-0.2, -0.15) is 0 Å². The molecule has 0 radical (unpaired) electrons. The molecule has 0 heterocycles. The molecule has 1 rings (SSSR count). The first-order chi connectivity index (χ1) is 9.63. The molecular formula is C14H22Cl2N2O3. The van der Waals surface area contributed by atoms with Crippen LogP contribution in [0.15, 0.2) is 12.1 Å². The molecule has 1 amide bonds. The maximum Gasteiger partial charge on any atom is 0.251 e. The van der Waals surface area contributed by atoms with Crippen LogP contribution in [0.25, 0.3) is 0 Å². The van der Waals surface area contributed by atoms with Crippen molar-refractivity contribution in [2.24, 2.45) is 0 Å². The first-order valence-corrected chi connectivity index (χ1v) is 6.95. The molecule has 1 aromatic carbocycles. The van der Waals surface area contributed by atoms with E-state index < -0.39 is 0 Å². The van der Waals surface area contributed by atoms with Gasteiger partial charge in [0.05, 0.1) is 18.7 Å². The van der Waals surface area contributed by atoms with E-state index in [0.717, 1.165) is 13.0 Å². The van der Waals surface area contributed by atoms with Gasteiger partial charge >= 0.3 is 0 Å². The van der Waals surface area contributed by atoms with E-state index >= 15 is 0 Å². The number of benzene rings is 1. The summed E-state index contributed by atoms with van der Waals surface area (Å²) in [7, 11) is 3.39. The van der Waals surface area contributed by atoms with E-state index in [-0.39, 0.29) is 18.3 Å². The Kier molecular flexibility index (Phi) is 9.95. The van der Waals surface area contributed by atoms with Crippen LogP contribution in [-0.2, 0) is 0 Å². The maximum atomic E-state index is 12.0. The Morgan fingerprint density at radius 2 is 2.05 bits per heavy atom. The molecule has 0 unspecified atom stereocenters. The quantitative estimate of drug-likeness (QED) is 0.716. The molecule has 0 fully saturated rings. The van der Waals surface area contributed by atoms with Crippen LogP contribution in [0.5, 0.6) is 11.5 Å². The molecule has 1 aromatic rings. The van der Waals surface area contributed by atoms with Crippen LogP contribution in [-0.4, -0.2) is 39.8 Å². The van der Waals surface area contributed by atoms with Crippen molar-refractivity contribution in [3.05, 3.63) is 22.7 Å². The van der Waals surface area contributed by atoms with Gasteiger partial charge in [0, 0.05) is 12.1 Å². The van der Waals surface area contributed by atoms with Gasteiger partial charge in [-0.3, -0.25) is 4.79 Å². The number of carbonyl (C=O) groups excluding carboxylic acids is 1. The molecule has 0 spiro atoms. The highest BCUT2D eigenvalue weighted by Gasteiger charge is 2.15. The molecule has 120 valence electrons. The summed E-state index contributed by atoms with van der Waals surface area (Å²) in [6.07, 6.45) is 0.865. The first-order valence-electron chi connectivity index (χ1n) is 6.57.